The summed E-state index contributed by atoms with van der Waals surface area (Å²) in [7, 11) is 1.21. The smallest absolute Gasteiger partial charge is 0.306 e. The Balaban J connectivity index is 4.96. The SMILES string of the molecule is CCCCCCCCCCCC/C=C/C(OC(=O)CCCCCCCCCCCCCCCCCCCCCCCCC)C(COP(=O)([O-])OCC[N+](C)(C)C)NC(=O)CCCCCCCCCCCCCCCCCCCCCCCCC. The number of amides is 1. The van der Waals surface area contributed by atoms with E-state index in [1.54, 1.807) is 0 Å². The highest BCUT2D eigenvalue weighted by atomic mass is 31.2. The number of quaternary nitrogens is 1. The second kappa shape index (κ2) is 64.7. The van der Waals surface area contributed by atoms with Gasteiger partial charge < -0.3 is 28.5 Å². The fraction of sp³-hybridized carbons (Fsp3) is 0.946. The van der Waals surface area contributed by atoms with Crippen LogP contribution in [-0.2, 0) is 27.9 Å². The van der Waals surface area contributed by atoms with Gasteiger partial charge >= 0.3 is 5.97 Å². The van der Waals surface area contributed by atoms with Crippen LogP contribution < -0.4 is 10.2 Å². The Bertz CT molecular complexity index is 1440. The molecular formula is C74H147N2O7P. The summed E-state index contributed by atoms with van der Waals surface area (Å²) in [5.74, 6) is -0.511. The Morgan fingerprint density at radius 1 is 0.405 bits per heavy atom. The van der Waals surface area contributed by atoms with Crippen LogP contribution in [0, 0.1) is 0 Å². The minimum Gasteiger partial charge on any atom is -0.756 e. The molecule has 9 nitrogen and oxygen atoms in total. The summed E-state index contributed by atoms with van der Waals surface area (Å²) in [4.78, 5) is 40.2. The molecule has 0 heterocycles. The summed E-state index contributed by atoms with van der Waals surface area (Å²) in [6, 6.07) is -0.881. The number of hydrogen-bond donors (Lipinski definition) is 1. The predicted octanol–water partition coefficient (Wildman–Crippen LogP) is 23.2. The number of esters is 1. The van der Waals surface area contributed by atoms with Crippen LogP contribution in [0.1, 0.15) is 400 Å². The first-order valence-electron chi connectivity index (χ1n) is 37.5. The highest BCUT2D eigenvalue weighted by molar-refractivity contribution is 7.45. The number of likely N-dealkylation sites (N-methyl/N-ethyl adjacent to an activating group) is 1. The van der Waals surface area contributed by atoms with Crippen LogP contribution in [0.2, 0.25) is 0 Å². The molecule has 0 bridgehead atoms. The van der Waals surface area contributed by atoms with E-state index in [1.165, 1.54) is 308 Å². The Hall–Kier alpha value is -1.25. The average Bonchev–Trinajstić information content (AvgIpc) is 3.65. The molecule has 1 amide bonds. The van der Waals surface area contributed by atoms with Crippen LogP contribution in [-0.4, -0.2) is 69.4 Å². The van der Waals surface area contributed by atoms with Crippen LogP contribution in [0.5, 0.6) is 0 Å². The lowest BCUT2D eigenvalue weighted by Gasteiger charge is -2.30. The molecule has 3 unspecified atom stereocenters. The van der Waals surface area contributed by atoms with E-state index in [2.05, 4.69) is 26.1 Å². The second-order valence-corrected chi connectivity index (χ2v) is 28.6. The largest absolute Gasteiger partial charge is 0.756 e. The summed E-state index contributed by atoms with van der Waals surface area (Å²) in [5.41, 5.74) is 0. The van der Waals surface area contributed by atoms with Gasteiger partial charge in [-0.3, -0.25) is 14.2 Å². The Kier molecular flexibility index (Phi) is 63.8. The number of phosphoric ester groups is 1. The fourth-order valence-electron chi connectivity index (χ4n) is 11.7. The van der Waals surface area contributed by atoms with Crippen LogP contribution in [0.4, 0.5) is 0 Å². The van der Waals surface area contributed by atoms with Gasteiger partial charge in [0.2, 0.25) is 5.91 Å². The van der Waals surface area contributed by atoms with Crippen molar-refractivity contribution in [1.29, 1.82) is 0 Å². The molecule has 0 aromatic rings. The van der Waals surface area contributed by atoms with Crippen LogP contribution >= 0.6 is 7.82 Å². The standard InChI is InChI=1S/C74H147N2O7P/c1-7-10-13-16-19-22-25-28-30-32-34-36-38-40-42-44-46-48-51-54-57-60-63-66-73(77)75-71(70-82-84(79,80)81-69-68-76(4,5)6)72(65-62-59-56-53-50-27-24-21-18-15-12-9-3)83-74(78)67-64-61-58-55-52-49-47-45-43-41-39-37-35-33-31-29-26-23-20-17-14-11-8-2/h62,65,71-72H,7-61,63-64,66-70H2,1-6H3,(H-,75,77,79,80)/b65-62+. The second-order valence-electron chi connectivity index (χ2n) is 27.2. The maximum Gasteiger partial charge on any atom is 0.306 e. The van der Waals surface area contributed by atoms with Gasteiger partial charge in [0.1, 0.15) is 19.3 Å². The molecule has 10 heteroatoms. The number of nitrogens with zero attached hydrogens (tertiary/aromatic N) is 1. The van der Waals surface area contributed by atoms with E-state index in [1.807, 2.05) is 33.3 Å². The lowest BCUT2D eigenvalue weighted by molar-refractivity contribution is -0.870. The normalized spacial score (nSPS) is 13.5. The third-order valence-electron chi connectivity index (χ3n) is 17.5. The van der Waals surface area contributed by atoms with Crippen molar-refractivity contribution in [2.75, 3.05) is 40.9 Å². The minimum atomic E-state index is -4.70. The molecule has 0 aliphatic heterocycles. The zero-order valence-electron chi connectivity index (χ0n) is 57.4. The minimum absolute atomic E-state index is 0.0163. The maximum absolute atomic E-state index is 13.6. The Morgan fingerprint density at radius 2 is 0.679 bits per heavy atom. The molecule has 84 heavy (non-hydrogen) atoms. The number of carbonyl (C=O) groups is 2. The lowest BCUT2D eigenvalue weighted by Crippen LogP contribution is -2.47. The number of unbranched alkanes of at least 4 members (excludes halogenated alkanes) is 54. The molecule has 0 aliphatic carbocycles. The average molecular weight is 1210 g/mol. The molecule has 1 N–H and O–H groups in total. The zero-order chi connectivity index (χ0) is 61.4. The summed E-state index contributed by atoms with van der Waals surface area (Å²) < 4.78 is 30.5. The van der Waals surface area contributed by atoms with E-state index in [4.69, 9.17) is 13.8 Å². The first-order chi connectivity index (χ1) is 40.9. The summed E-state index contributed by atoms with van der Waals surface area (Å²) in [6.07, 6.45) is 77.8. The Labute approximate surface area is 524 Å². The molecule has 0 fully saturated rings. The van der Waals surface area contributed by atoms with Crippen molar-refractivity contribution in [1.82, 2.24) is 5.32 Å². The summed E-state index contributed by atoms with van der Waals surface area (Å²) >= 11 is 0. The van der Waals surface area contributed by atoms with Gasteiger partial charge in [-0.2, -0.15) is 0 Å². The van der Waals surface area contributed by atoms with Gasteiger partial charge in [-0.1, -0.05) is 367 Å². The molecule has 3 atom stereocenters. The summed E-state index contributed by atoms with van der Waals surface area (Å²) in [6.45, 7) is 6.93. The van der Waals surface area contributed by atoms with Crippen molar-refractivity contribution in [3.8, 4) is 0 Å². The molecule has 500 valence electrons. The first kappa shape index (κ1) is 82.8. The van der Waals surface area contributed by atoms with Crippen molar-refractivity contribution >= 4 is 19.7 Å². The zero-order valence-corrected chi connectivity index (χ0v) is 58.3. The molecule has 0 saturated carbocycles. The maximum atomic E-state index is 13.6. The monoisotopic (exact) mass is 1210 g/mol. The molecule has 0 aliphatic rings. The van der Waals surface area contributed by atoms with Crippen molar-refractivity contribution in [2.24, 2.45) is 0 Å². The van der Waals surface area contributed by atoms with Gasteiger partial charge in [0.25, 0.3) is 7.82 Å². The molecule has 0 aromatic carbocycles. The number of nitrogens with one attached hydrogen (secondary N) is 1. The first-order valence-corrected chi connectivity index (χ1v) is 39.0. The highest BCUT2D eigenvalue weighted by Gasteiger charge is 2.27. The van der Waals surface area contributed by atoms with Gasteiger partial charge in [-0.05, 0) is 31.8 Å². The van der Waals surface area contributed by atoms with E-state index in [0.29, 0.717) is 17.4 Å². The van der Waals surface area contributed by atoms with Crippen molar-refractivity contribution in [3.05, 3.63) is 12.2 Å². The number of carbonyl (C=O) groups excluding carboxylic acids is 2. The van der Waals surface area contributed by atoms with Gasteiger partial charge in [-0.15, -0.1) is 0 Å². The van der Waals surface area contributed by atoms with E-state index >= 15 is 0 Å². The number of allylic oxidation sites excluding steroid dienone is 1. The van der Waals surface area contributed by atoms with Gasteiger partial charge in [0, 0.05) is 12.8 Å². The van der Waals surface area contributed by atoms with Gasteiger partial charge in [0.05, 0.1) is 33.8 Å². The van der Waals surface area contributed by atoms with E-state index < -0.39 is 20.0 Å². The number of hydrogen-bond acceptors (Lipinski definition) is 7. The number of ether oxygens (including phenoxy) is 1. The molecule has 0 spiro atoms. The molecule has 0 aromatic heterocycles. The quantitative estimate of drug-likeness (QED) is 0.0212. The van der Waals surface area contributed by atoms with E-state index in [-0.39, 0.29) is 31.5 Å². The summed E-state index contributed by atoms with van der Waals surface area (Å²) in [5, 5.41) is 3.06. The van der Waals surface area contributed by atoms with Crippen LogP contribution in [0.3, 0.4) is 0 Å². The van der Waals surface area contributed by atoms with E-state index in [0.717, 1.165) is 57.8 Å². The fourth-order valence-corrected chi connectivity index (χ4v) is 12.4. The van der Waals surface area contributed by atoms with Gasteiger partial charge in [-0.25, -0.2) is 0 Å². The Morgan fingerprint density at radius 3 is 0.976 bits per heavy atom. The van der Waals surface area contributed by atoms with Crippen molar-refractivity contribution in [2.45, 2.75) is 412 Å². The van der Waals surface area contributed by atoms with Crippen LogP contribution in [0.25, 0.3) is 0 Å². The van der Waals surface area contributed by atoms with Crippen LogP contribution in [0.15, 0.2) is 12.2 Å². The number of rotatable bonds is 70. The third kappa shape index (κ3) is 65.2. The van der Waals surface area contributed by atoms with E-state index in [9.17, 15) is 19.0 Å². The molecule has 0 rings (SSSR count). The number of phosphoric acid groups is 1. The third-order valence-corrected chi connectivity index (χ3v) is 18.4. The lowest BCUT2D eigenvalue weighted by atomic mass is 10.0. The van der Waals surface area contributed by atoms with Crippen molar-refractivity contribution in [3.63, 3.8) is 0 Å². The molecule has 0 radical (unpaired) electrons. The molecular weight excluding hydrogens is 1060 g/mol. The van der Waals surface area contributed by atoms with Crippen molar-refractivity contribution < 1.29 is 37.3 Å². The predicted molar refractivity (Wildman–Crippen MR) is 363 cm³/mol. The molecule has 0 saturated heterocycles. The topological polar surface area (TPSA) is 114 Å². The van der Waals surface area contributed by atoms with Gasteiger partial charge in [0.15, 0.2) is 0 Å². The highest BCUT2D eigenvalue weighted by Crippen LogP contribution is 2.38.